The van der Waals surface area contributed by atoms with Crippen LogP contribution in [-0.4, -0.2) is 18.1 Å². The Bertz CT molecular complexity index is 738. The summed E-state index contributed by atoms with van der Waals surface area (Å²) in [5.41, 5.74) is 4.69. The van der Waals surface area contributed by atoms with E-state index in [1.54, 1.807) is 18.3 Å². The molecule has 0 saturated carbocycles. The van der Waals surface area contributed by atoms with Gasteiger partial charge in [0.2, 0.25) is 6.79 Å². The molecule has 0 amide bonds. The lowest BCUT2D eigenvalue weighted by molar-refractivity contribution is 0.174. The Hall–Kier alpha value is -2.31. The normalized spacial score (nSPS) is 12.4. The molecule has 2 aromatic carbocycles. The second kappa shape index (κ2) is 7.30. The topological polar surface area (TPSA) is 54.9 Å². The molecule has 2 aromatic rings. The fourth-order valence-electron chi connectivity index (χ4n) is 2.05. The van der Waals surface area contributed by atoms with Gasteiger partial charge in [0.15, 0.2) is 16.6 Å². The summed E-state index contributed by atoms with van der Waals surface area (Å²) in [7, 11) is 0. The molecule has 0 saturated heterocycles. The van der Waals surface area contributed by atoms with E-state index in [1.807, 2.05) is 30.3 Å². The Kier molecular flexibility index (Phi) is 4.95. The van der Waals surface area contributed by atoms with E-state index < -0.39 is 0 Å². The van der Waals surface area contributed by atoms with Crippen molar-refractivity contribution in [3.63, 3.8) is 0 Å². The first-order valence-electron chi connectivity index (χ1n) is 6.92. The number of rotatable bonds is 4. The SMILES string of the molecule is S=C(NCc1ccccc1)N/N=C\c1cc(Cl)c2c(c1)OCO2. The van der Waals surface area contributed by atoms with Gasteiger partial charge in [0.05, 0.1) is 11.2 Å². The van der Waals surface area contributed by atoms with Crippen LogP contribution in [0.3, 0.4) is 0 Å². The van der Waals surface area contributed by atoms with Crippen molar-refractivity contribution in [2.45, 2.75) is 6.54 Å². The lowest BCUT2D eigenvalue weighted by atomic mass is 10.2. The molecule has 1 heterocycles. The monoisotopic (exact) mass is 347 g/mol. The highest BCUT2D eigenvalue weighted by atomic mass is 35.5. The molecule has 0 radical (unpaired) electrons. The molecule has 2 N–H and O–H groups in total. The molecule has 0 fully saturated rings. The second-order valence-corrected chi connectivity index (χ2v) is 5.59. The summed E-state index contributed by atoms with van der Waals surface area (Å²) in [5, 5.41) is 8.09. The van der Waals surface area contributed by atoms with Crippen LogP contribution in [0.2, 0.25) is 5.02 Å². The largest absolute Gasteiger partial charge is 0.454 e. The molecular weight excluding hydrogens is 334 g/mol. The van der Waals surface area contributed by atoms with Crippen molar-refractivity contribution < 1.29 is 9.47 Å². The van der Waals surface area contributed by atoms with E-state index >= 15 is 0 Å². The third-order valence-electron chi connectivity index (χ3n) is 3.13. The van der Waals surface area contributed by atoms with Crippen molar-refractivity contribution in [1.82, 2.24) is 10.7 Å². The van der Waals surface area contributed by atoms with E-state index in [9.17, 15) is 0 Å². The number of hydrogen-bond donors (Lipinski definition) is 2. The molecule has 0 spiro atoms. The zero-order valence-electron chi connectivity index (χ0n) is 12.1. The number of hydrazone groups is 1. The molecule has 0 unspecified atom stereocenters. The van der Waals surface area contributed by atoms with E-state index in [1.165, 1.54) is 0 Å². The Morgan fingerprint density at radius 1 is 1.26 bits per heavy atom. The van der Waals surface area contributed by atoms with Gasteiger partial charge < -0.3 is 14.8 Å². The van der Waals surface area contributed by atoms with Crippen molar-refractivity contribution >= 4 is 35.1 Å². The molecule has 1 aliphatic rings. The molecule has 5 nitrogen and oxygen atoms in total. The number of ether oxygens (including phenoxy) is 2. The smallest absolute Gasteiger partial charge is 0.231 e. The maximum atomic E-state index is 6.11. The van der Waals surface area contributed by atoms with Crippen molar-refractivity contribution in [3.8, 4) is 11.5 Å². The average Bonchev–Trinajstić information content (AvgIpc) is 3.03. The predicted octanol–water partition coefficient (Wildman–Crippen LogP) is 3.07. The Balaban J connectivity index is 1.53. The number of nitrogens with zero attached hydrogens (tertiary/aromatic N) is 1. The quantitative estimate of drug-likeness (QED) is 0.506. The summed E-state index contributed by atoms with van der Waals surface area (Å²) in [6.45, 7) is 0.819. The molecule has 0 aliphatic carbocycles. The zero-order valence-corrected chi connectivity index (χ0v) is 13.7. The summed E-state index contributed by atoms with van der Waals surface area (Å²) < 4.78 is 10.6. The fraction of sp³-hybridized carbons (Fsp3) is 0.125. The predicted molar refractivity (Wildman–Crippen MR) is 94.2 cm³/mol. The van der Waals surface area contributed by atoms with Crippen LogP contribution in [-0.2, 0) is 6.54 Å². The third-order valence-corrected chi connectivity index (χ3v) is 3.64. The second-order valence-electron chi connectivity index (χ2n) is 4.77. The standard InChI is InChI=1S/C16H14ClN3O2S/c17-13-6-12(7-14-15(13)22-10-21-14)9-19-20-16(23)18-8-11-4-2-1-3-5-11/h1-7,9H,8,10H2,(H2,18,20,23)/b19-9-. The molecule has 7 heteroatoms. The van der Waals surface area contributed by atoms with Crippen LogP contribution in [0.25, 0.3) is 0 Å². The van der Waals surface area contributed by atoms with Crippen LogP contribution in [0.5, 0.6) is 11.5 Å². The van der Waals surface area contributed by atoms with Crippen LogP contribution in [0.1, 0.15) is 11.1 Å². The molecule has 23 heavy (non-hydrogen) atoms. The van der Waals surface area contributed by atoms with Gasteiger partial charge in [0.25, 0.3) is 0 Å². The van der Waals surface area contributed by atoms with Gasteiger partial charge in [-0.05, 0) is 35.5 Å². The third kappa shape index (κ3) is 4.12. The Morgan fingerprint density at radius 2 is 2.09 bits per heavy atom. The van der Waals surface area contributed by atoms with Gasteiger partial charge in [-0.3, -0.25) is 5.43 Å². The number of fused-ring (bicyclic) bond motifs is 1. The van der Waals surface area contributed by atoms with Crippen molar-refractivity contribution in [2.75, 3.05) is 6.79 Å². The van der Waals surface area contributed by atoms with Crippen LogP contribution in [0.4, 0.5) is 0 Å². The average molecular weight is 348 g/mol. The van der Waals surface area contributed by atoms with Crippen LogP contribution < -0.4 is 20.2 Å². The first kappa shape index (κ1) is 15.6. The first-order valence-corrected chi connectivity index (χ1v) is 7.71. The van der Waals surface area contributed by atoms with E-state index in [-0.39, 0.29) is 6.79 Å². The van der Waals surface area contributed by atoms with Gasteiger partial charge in [-0.25, -0.2) is 0 Å². The minimum atomic E-state index is 0.182. The minimum Gasteiger partial charge on any atom is -0.454 e. The highest BCUT2D eigenvalue weighted by Crippen LogP contribution is 2.39. The van der Waals surface area contributed by atoms with Gasteiger partial charge in [-0.1, -0.05) is 41.9 Å². The van der Waals surface area contributed by atoms with E-state index in [4.69, 9.17) is 33.3 Å². The van der Waals surface area contributed by atoms with E-state index in [0.29, 0.717) is 28.2 Å². The molecular formula is C16H14ClN3O2S. The maximum absolute atomic E-state index is 6.11. The lowest BCUT2D eigenvalue weighted by Crippen LogP contribution is -2.31. The van der Waals surface area contributed by atoms with Gasteiger partial charge in [0, 0.05) is 6.54 Å². The number of benzene rings is 2. The van der Waals surface area contributed by atoms with Gasteiger partial charge >= 0.3 is 0 Å². The van der Waals surface area contributed by atoms with Crippen molar-refractivity contribution in [3.05, 3.63) is 58.6 Å². The fourth-order valence-corrected chi connectivity index (χ4v) is 2.44. The van der Waals surface area contributed by atoms with Crippen LogP contribution >= 0.6 is 23.8 Å². The molecule has 118 valence electrons. The number of thiocarbonyl (C=S) groups is 1. The van der Waals surface area contributed by atoms with Gasteiger partial charge in [0.1, 0.15) is 0 Å². The van der Waals surface area contributed by atoms with Crippen molar-refractivity contribution in [2.24, 2.45) is 5.10 Å². The summed E-state index contributed by atoms with van der Waals surface area (Å²) >= 11 is 11.3. The van der Waals surface area contributed by atoms with Gasteiger partial charge in [-0.15, -0.1) is 0 Å². The molecule has 3 rings (SSSR count). The Labute approximate surface area is 144 Å². The molecule has 0 bridgehead atoms. The van der Waals surface area contributed by atoms with Crippen LogP contribution in [0, 0.1) is 0 Å². The van der Waals surface area contributed by atoms with E-state index in [0.717, 1.165) is 11.1 Å². The number of hydrogen-bond acceptors (Lipinski definition) is 4. The lowest BCUT2D eigenvalue weighted by Gasteiger charge is -2.06. The molecule has 0 aromatic heterocycles. The summed E-state index contributed by atoms with van der Waals surface area (Å²) in [6, 6.07) is 13.5. The van der Waals surface area contributed by atoms with Crippen molar-refractivity contribution in [1.29, 1.82) is 0 Å². The van der Waals surface area contributed by atoms with E-state index in [2.05, 4.69) is 15.8 Å². The summed E-state index contributed by atoms with van der Waals surface area (Å²) in [6.07, 6.45) is 1.62. The molecule has 1 aliphatic heterocycles. The van der Waals surface area contributed by atoms with Gasteiger partial charge in [-0.2, -0.15) is 5.10 Å². The molecule has 0 atom stereocenters. The maximum Gasteiger partial charge on any atom is 0.231 e. The number of halogens is 1. The highest BCUT2D eigenvalue weighted by Gasteiger charge is 2.17. The first-order chi connectivity index (χ1) is 11.2. The minimum absolute atomic E-state index is 0.182. The highest BCUT2D eigenvalue weighted by molar-refractivity contribution is 7.80. The zero-order chi connectivity index (χ0) is 16.1. The summed E-state index contributed by atoms with van der Waals surface area (Å²) in [5.74, 6) is 1.18. The number of nitrogens with one attached hydrogen (secondary N) is 2. The Morgan fingerprint density at radius 3 is 2.91 bits per heavy atom. The summed E-state index contributed by atoms with van der Waals surface area (Å²) in [4.78, 5) is 0. The van der Waals surface area contributed by atoms with Crippen LogP contribution in [0.15, 0.2) is 47.6 Å².